The van der Waals surface area contributed by atoms with Crippen molar-refractivity contribution < 1.29 is 4.74 Å². The second kappa shape index (κ2) is 19.3. The molecule has 0 heterocycles. The predicted octanol–water partition coefficient (Wildman–Crippen LogP) is 5.99. The molecule has 4 nitrogen and oxygen atoms in total. The van der Waals surface area contributed by atoms with Crippen molar-refractivity contribution in [2.24, 2.45) is 5.73 Å². The van der Waals surface area contributed by atoms with Gasteiger partial charge in [0, 0.05) is 18.7 Å². The Morgan fingerprint density at radius 2 is 1.86 bits per heavy atom. The fraction of sp³-hybridized carbons (Fsp3) is 0.458. The number of rotatable bonds is 10. The highest BCUT2D eigenvalue weighted by atomic mass is 16.5. The second-order valence-electron chi connectivity index (χ2n) is 5.59. The van der Waals surface area contributed by atoms with E-state index in [4.69, 9.17) is 15.7 Å². The number of hydrogen-bond acceptors (Lipinski definition) is 4. The van der Waals surface area contributed by atoms with Crippen molar-refractivity contribution in [3.63, 3.8) is 0 Å². The van der Waals surface area contributed by atoms with Crippen LogP contribution in [0.5, 0.6) is 0 Å². The third-order valence-electron chi connectivity index (χ3n) is 3.49. The summed E-state index contributed by atoms with van der Waals surface area (Å²) in [7, 11) is 0. The molecule has 28 heavy (non-hydrogen) atoms. The summed E-state index contributed by atoms with van der Waals surface area (Å²) in [6, 6.07) is 10.1. The Bertz CT molecular complexity index is 610. The van der Waals surface area contributed by atoms with Crippen molar-refractivity contribution in [3.8, 4) is 6.07 Å². The van der Waals surface area contributed by atoms with E-state index in [-0.39, 0.29) is 6.04 Å². The van der Waals surface area contributed by atoms with Gasteiger partial charge >= 0.3 is 0 Å². The predicted molar refractivity (Wildman–Crippen MR) is 123 cm³/mol. The molecule has 0 aliphatic rings. The highest BCUT2D eigenvalue weighted by molar-refractivity contribution is 5.44. The Kier molecular flexibility index (Phi) is 19.1. The number of nitrogens with one attached hydrogen (secondary N) is 1. The van der Waals surface area contributed by atoms with Crippen LogP contribution in [0, 0.1) is 11.3 Å². The highest BCUT2D eigenvalue weighted by Gasteiger charge is 2.04. The number of nitriles is 1. The summed E-state index contributed by atoms with van der Waals surface area (Å²) in [6.07, 6.45) is 6.96. The molecule has 0 spiro atoms. The molecule has 1 unspecified atom stereocenters. The van der Waals surface area contributed by atoms with Gasteiger partial charge in [-0.2, -0.15) is 5.26 Å². The standard InChI is InChI=1S/C20H27N3O.2C2H6/c1-4-16(3)13-20(5-2)24-15-18(22)14-23-19-10-8-17(9-11-19)7-6-12-21;2*1-2/h4-5,8-11,13,18,23H,1,6-7,14-15,22H2,2-3H3;2*1-2H3/b16-13-,20-5+;;. The van der Waals surface area contributed by atoms with E-state index < -0.39 is 0 Å². The lowest BCUT2D eigenvalue weighted by Gasteiger charge is -2.15. The fourth-order valence-corrected chi connectivity index (χ4v) is 1.99. The van der Waals surface area contributed by atoms with Crippen molar-refractivity contribution >= 4 is 5.69 Å². The van der Waals surface area contributed by atoms with Crippen LogP contribution in [-0.4, -0.2) is 19.2 Å². The lowest BCUT2D eigenvalue weighted by molar-refractivity contribution is 0.207. The largest absolute Gasteiger partial charge is 0.492 e. The SMILES string of the molecule is C=C/C(C)=C\C(=C/C)OCC(N)CNc1ccc(CCC#N)cc1.CC.CC. The molecular formula is C24H39N3O. The number of nitrogens with two attached hydrogens (primary N) is 1. The average molecular weight is 386 g/mol. The Hall–Kier alpha value is -2.51. The molecule has 0 aliphatic carbocycles. The summed E-state index contributed by atoms with van der Waals surface area (Å²) in [5, 5.41) is 11.9. The molecule has 156 valence electrons. The Morgan fingerprint density at radius 3 is 2.36 bits per heavy atom. The number of anilines is 1. The number of allylic oxidation sites excluding steroid dienone is 4. The minimum atomic E-state index is -0.115. The zero-order chi connectivity index (χ0) is 21.8. The lowest BCUT2D eigenvalue weighted by Crippen LogP contribution is -2.33. The van der Waals surface area contributed by atoms with Gasteiger partial charge in [-0.25, -0.2) is 0 Å². The van der Waals surface area contributed by atoms with Crippen LogP contribution >= 0.6 is 0 Å². The molecule has 1 atom stereocenters. The Morgan fingerprint density at radius 1 is 1.25 bits per heavy atom. The molecule has 0 saturated carbocycles. The van der Waals surface area contributed by atoms with Crippen molar-refractivity contribution in [2.75, 3.05) is 18.5 Å². The highest BCUT2D eigenvalue weighted by Crippen LogP contribution is 2.11. The van der Waals surface area contributed by atoms with Crippen LogP contribution in [0.1, 0.15) is 53.5 Å². The fourth-order valence-electron chi connectivity index (χ4n) is 1.99. The van der Waals surface area contributed by atoms with E-state index in [1.807, 2.05) is 78.0 Å². The maximum atomic E-state index is 8.60. The molecular weight excluding hydrogens is 346 g/mol. The van der Waals surface area contributed by atoms with E-state index in [9.17, 15) is 0 Å². The van der Waals surface area contributed by atoms with Gasteiger partial charge in [0.1, 0.15) is 12.4 Å². The van der Waals surface area contributed by atoms with Crippen LogP contribution in [0.15, 0.2) is 60.4 Å². The van der Waals surface area contributed by atoms with Crippen molar-refractivity contribution in [2.45, 2.75) is 60.4 Å². The minimum Gasteiger partial charge on any atom is -0.492 e. The first-order chi connectivity index (χ1) is 13.6. The molecule has 0 saturated heterocycles. The van der Waals surface area contributed by atoms with Gasteiger partial charge < -0.3 is 15.8 Å². The molecule has 0 radical (unpaired) electrons. The van der Waals surface area contributed by atoms with E-state index >= 15 is 0 Å². The second-order valence-corrected chi connectivity index (χ2v) is 5.59. The summed E-state index contributed by atoms with van der Waals surface area (Å²) in [5.41, 5.74) is 9.32. The zero-order valence-electron chi connectivity index (χ0n) is 18.6. The molecule has 0 fully saturated rings. The van der Waals surface area contributed by atoms with Gasteiger partial charge in [-0.1, -0.05) is 52.5 Å². The summed E-state index contributed by atoms with van der Waals surface area (Å²) in [4.78, 5) is 0. The normalized spacial score (nSPS) is 11.6. The third kappa shape index (κ3) is 13.7. The molecule has 0 bridgehead atoms. The first-order valence-electron chi connectivity index (χ1n) is 10.1. The molecule has 3 N–H and O–H groups in total. The van der Waals surface area contributed by atoms with E-state index in [0.29, 0.717) is 19.6 Å². The van der Waals surface area contributed by atoms with Crippen molar-refractivity contribution in [3.05, 3.63) is 66.0 Å². The summed E-state index contributed by atoms with van der Waals surface area (Å²) in [6.45, 7) is 16.7. The smallest absolute Gasteiger partial charge is 0.115 e. The summed E-state index contributed by atoms with van der Waals surface area (Å²) < 4.78 is 5.72. The topological polar surface area (TPSA) is 71.1 Å². The van der Waals surface area contributed by atoms with Gasteiger partial charge in [0.25, 0.3) is 0 Å². The maximum Gasteiger partial charge on any atom is 0.115 e. The number of benzene rings is 1. The molecule has 1 aromatic rings. The molecule has 0 aliphatic heterocycles. The average Bonchev–Trinajstić information content (AvgIpc) is 2.76. The Balaban J connectivity index is 0. The first-order valence-corrected chi connectivity index (χ1v) is 10.1. The summed E-state index contributed by atoms with van der Waals surface area (Å²) >= 11 is 0. The van der Waals surface area contributed by atoms with Gasteiger partial charge in [-0.05, 0) is 55.7 Å². The van der Waals surface area contributed by atoms with Crippen molar-refractivity contribution in [1.82, 2.24) is 0 Å². The lowest BCUT2D eigenvalue weighted by atomic mass is 10.1. The van der Waals surface area contributed by atoms with Gasteiger partial charge in [0.2, 0.25) is 0 Å². The first kappa shape index (κ1) is 27.7. The van der Waals surface area contributed by atoms with Gasteiger partial charge in [-0.3, -0.25) is 0 Å². The van der Waals surface area contributed by atoms with E-state index in [2.05, 4.69) is 18.0 Å². The molecule has 1 aromatic carbocycles. The quantitative estimate of drug-likeness (QED) is 0.383. The molecule has 1 rings (SSSR count). The number of nitrogens with zero attached hydrogens (tertiary/aromatic N) is 1. The number of ether oxygens (including phenoxy) is 1. The van der Waals surface area contributed by atoms with Gasteiger partial charge in [-0.15, -0.1) is 0 Å². The van der Waals surface area contributed by atoms with Crippen LogP contribution in [0.3, 0.4) is 0 Å². The number of hydrogen-bond donors (Lipinski definition) is 2. The maximum absolute atomic E-state index is 8.60. The third-order valence-corrected chi connectivity index (χ3v) is 3.49. The van der Waals surface area contributed by atoms with Crippen molar-refractivity contribution in [1.29, 1.82) is 5.26 Å². The van der Waals surface area contributed by atoms with E-state index in [1.165, 1.54) is 0 Å². The zero-order valence-corrected chi connectivity index (χ0v) is 18.6. The molecule has 0 aromatic heterocycles. The van der Waals surface area contributed by atoms with E-state index in [1.54, 1.807) is 6.08 Å². The Labute approximate surface area is 172 Å². The van der Waals surface area contributed by atoms with Gasteiger partial charge in [0.05, 0.1) is 12.1 Å². The number of aryl methyl sites for hydroxylation is 1. The molecule has 4 heteroatoms. The van der Waals surface area contributed by atoms with Crippen LogP contribution in [0.4, 0.5) is 5.69 Å². The van der Waals surface area contributed by atoms with Gasteiger partial charge in [0.15, 0.2) is 0 Å². The molecule has 0 amide bonds. The summed E-state index contributed by atoms with van der Waals surface area (Å²) in [5.74, 6) is 0.796. The van der Waals surface area contributed by atoms with Crippen LogP contribution in [-0.2, 0) is 11.2 Å². The monoisotopic (exact) mass is 385 g/mol. The van der Waals surface area contributed by atoms with Crippen LogP contribution < -0.4 is 11.1 Å². The minimum absolute atomic E-state index is 0.115. The van der Waals surface area contributed by atoms with E-state index in [0.717, 1.165) is 29.0 Å². The van der Waals surface area contributed by atoms with Crippen LogP contribution in [0.2, 0.25) is 0 Å². The van der Waals surface area contributed by atoms with Crippen LogP contribution in [0.25, 0.3) is 0 Å².